The predicted octanol–water partition coefficient (Wildman–Crippen LogP) is 5.55. The summed E-state index contributed by atoms with van der Waals surface area (Å²) in [7, 11) is 0. The first-order valence-corrected chi connectivity index (χ1v) is 9.97. The Kier molecular flexibility index (Phi) is 4.38. The average Bonchev–Trinajstić information content (AvgIpc) is 3.02. The van der Waals surface area contributed by atoms with Crippen LogP contribution in [0.2, 0.25) is 10.0 Å². The number of halogens is 2. The second-order valence-electron chi connectivity index (χ2n) is 7.14. The van der Waals surface area contributed by atoms with Crippen LogP contribution < -0.4 is 10.3 Å². The maximum Gasteiger partial charge on any atom is 0.296 e. The Bertz CT molecular complexity index is 1380. The molecule has 4 aromatic rings. The number of carbonyl (C=O) groups is 1. The Hall–Kier alpha value is -3.15. The van der Waals surface area contributed by atoms with Gasteiger partial charge in [0.25, 0.3) is 5.91 Å². The summed E-state index contributed by atoms with van der Waals surface area (Å²) in [5.41, 5.74) is 1.89. The first kappa shape index (κ1) is 18.9. The number of hydrogen-bond acceptors (Lipinski definition) is 4. The van der Waals surface area contributed by atoms with Crippen LogP contribution in [0.4, 0.5) is 5.82 Å². The van der Waals surface area contributed by atoms with Crippen molar-refractivity contribution in [3.63, 3.8) is 0 Å². The molecule has 5 rings (SSSR count). The second-order valence-corrected chi connectivity index (χ2v) is 8.01. The molecule has 1 amide bonds. The summed E-state index contributed by atoms with van der Waals surface area (Å²) in [6.45, 7) is 1.91. The van der Waals surface area contributed by atoms with Gasteiger partial charge in [-0.15, -0.1) is 0 Å². The first-order valence-electron chi connectivity index (χ1n) is 9.22. The molecule has 3 heterocycles. The van der Waals surface area contributed by atoms with Crippen molar-refractivity contribution in [2.75, 3.05) is 4.90 Å². The minimum Gasteiger partial charge on any atom is -0.450 e. The lowest BCUT2D eigenvalue weighted by molar-refractivity contribution is 0.0970. The topological polar surface area (TPSA) is 63.4 Å². The molecule has 30 heavy (non-hydrogen) atoms. The van der Waals surface area contributed by atoms with Crippen molar-refractivity contribution in [2.24, 2.45) is 0 Å². The lowest BCUT2D eigenvalue weighted by Crippen LogP contribution is -2.30. The molecule has 1 aliphatic heterocycles. The predicted molar refractivity (Wildman–Crippen MR) is 117 cm³/mol. The molecule has 0 saturated carbocycles. The molecular weight excluding hydrogens is 423 g/mol. The summed E-state index contributed by atoms with van der Waals surface area (Å²) in [4.78, 5) is 32.8. The van der Waals surface area contributed by atoms with Crippen LogP contribution in [0.25, 0.3) is 11.0 Å². The molecule has 7 heteroatoms. The van der Waals surface area contributed by atoms with E-state index in [0.29, 0.717) is 32.4 Å². The Balaban J connectivity index is 1.83. The van der Waals surface area contributed by atoms with E-state index < -0.39 is 11.9 Å². The van der Waals surface area contributed by atoms with Crippen molar-refractivity contribution >= 4 is 45.9 Å². The van der Waals surface area contributed by atoms with E-state index in [1.165, 1.54) is 4.90 Å². The number of carbonyl (C=O) groups excluding carboxylic acids is 1. The fourth-order valence-electron chi connectivity index (χ4n) is 3.78. The molecule has 0 bridgehead atoms. The molecule has 0 unspecified atom stereocenters. The van der Waals surface area contributed by atoms with Crippen molar-refractivity contribution in [3.05, 3.63) is 104 Å². The zero-order valence-electron chi connectivity index (χ0n) is 15.7. The van der Waals surface area contributed by atoms with Crippen LogP contribution in [0.3, 0.4) is 0 Å². The fourth-order valence-corrected chi connectivity index (χ4v) is 4.15. The molecule has 0 fully saturated rings. The number of anilines is 1. The maximum absolute atomic E-state index is 13.5. The normalized spacial score (nSPS) is 15.6. The summed E-state index contributed by atoms with van der Waals surface area (Å²) < 4.78 is 5.90. The minimum atomic E-state index is -0.721. The quantitative estimate of drug-likeness (QED) is 0.412. The number of hydrogen-bond donors (Lipinski definition) is 0. The van der Waals surface area contributed by atoms with Gasteiger partial charge in [-0.25, -0.2) is 4.98 Å². The Labute approximate surface area is 181 Å². The summed E-state index contributed by atoms with van der Waals surface area (Å²) >= 11 is 12.3. The number of fused-ring (bicyclic) bond motifs is 2. The highest BCUT2D eigenvalue weighted by atomic mass is 35.5. The summed E-state index contributed by atoms with van der Waals surface area (Å²) in [6, 6.07) is 14.7. The van der Waals surface area contributed by atoms with E-state index in [9.17, 15) is 9.59 Å². The molecule has 5 nitrogen and oxygen atoms in total. The molecule has 1 atom stereocenters. The van der Waals surface area contributed by atoms with Crippen molar-refractivity contribution < 1.29 is 9.21 Å². The Morgan fingerprint density at radius 2 is 1.80 bits per heavy atom. The van der Waals surface area contributed by atoms with Gasteiger partial charge in [0.05, 0.1) is 17.0 Å². The van der Waals surface area contributed by atoms with Gasteiger partial charge in [0, 0.05) is 16.2 Å². The summed E-state index contributed by atoms with van der Waals surface area (Å²) in [6.07, 6.45) is 1.67. The van der Waals surface area contributed by atoms with Gasteiger partial charge in [-0.1, -0.05) is 41.4 Å². The molecule has 1 aliphatic rings. The molecule has 0 spiro atoms. The van der Waals surface area contributed by atoms with Crippen LogP contribution >= 0.6 is 23.2 Å². The van der Waals surface area contributed by atoms with Crippen molar-refractivity contribution in [1.29, 1.82) is 0 Å². The van der Waals surface area contributed by atoms with Crippen LogP contribution in [0, 0.1) is 6.92 Å². The number of nitrogens with zero attached hydrogens (tertiary/aromatic N) is 2. The molecule has 0 radical (unpaired) electrons. The van der Waals surface area contributed by atoms with Gasteiger partial charge in [0.1, 0.15) is 11.4 Å². The average molecular weight is 437 g/mol. The zero-order valence-corrected chi connectivity index (χ0v) is 17.2. The Morgan fingerprint density at radius 1 is 1.00 bits per heavy atom. The van der Waals surface area contributed by atoms with E-state index in [4.69, 9.17) is 27.6 Å². The van der Waals surface area contributed by atoms with E-state index in [1.54, 1.807) is 48.7 Å². The number of pyridine rings is 1. The maximum atomic E-state index is 13.5. The van der Waals surface area contributed by atoms with Gasteiger partial charge in [0.2, 0.25) is 5.76 Å². The highest BCUT2D eigenvalue weighted by Gasteiger charge is 2.44. The third-order valence-corrected chi connectivity index (χ3v) is 5.61. The molecular formula is C23H14Cl2N2O3. The first-order chi connectivity index (χ1) is 14.4. The number of benzene rings is 2. The highest BCUT2D eigenvalue weighted by Crippen LogP contribution is 2.41. The van der Waals surface area contributed by atoms with E-state index in [2.05, 4.69) is 4.98 Å². The van der Waals surface area contributed by atoms with Crippen LogP contribution in [0.1, 0.15) is 33.3 Å². The molecule has 2 aromatic heterocycles. The SMILES string of the molecule is Cc1ccc(N2C(=O)c3oc4ccc(Cl)cc4c(=O)c3[C@H]2c2cccc(Cl)c2)nc1. The molecule has 2 aromatic carbocycles. The molecule has 0 aliphatic carbocycles. The van der Waals surface area contributed by atoms with Gasteiger partial charge in [0.15, 0.2) is 5.43 Å². The number of rotatable bonds is 2. The smallest absolute Gasteiger partial charge is 0.296 e. The molecule has 148 valence electrons. The third kappa shape index (κ3) is 2.90. The van der Waals surface area contributed by atoms with Crippen LogP contribution in [0.15, 0.2) is 70.0 Å². The number of aromatic nitrogens is 1. The van der Waals surface area contributed by atoms with Crippen molar-refractivity contribution in [1.82, 2.24) is 4.98 Å². The molecule has 0 saturated heterocycles. The van der Waals surface area contributed by atoms with Gasteiger partial charge in [-0.05, 0) is 54.4 Å². The van der Waals surface area contributed by atoms with Gasteiger partial charge < -0.3 is 4.42 Å². The van der Waals surface area contributed by atoms with Crippen molar-refractivity contribution in [3.8, 4) is 0 Å². The van der Waals surface area contributed by atoms with Crippen LogP contribution in [-0.4, -0.2) is 10.9 Å². The van der Waals surface area contributed by atoms with Gasteiger partial charge in [-0.2, -0.15) is 0 Å². The second kappa shape index (κ2) is 6.97. The third-order valence-electron chi connectivity index (χ3n) is 5.14. The van der Waals surface area contributed by atoms with Crippen LogP contribution in [0.5, 0.6) is 0 Å². The minimum absolute atomic E-state index is 0.00201. The van der Waals surface area contributed by atoms with Crippen LogP contribution in [-0.2, 0) is 0 Å². The lowest BCUT2D eigenvalue weighted by atomic mass is 9.98. The summed E-state index contributed by atoms with van der Waals surface area (Å²) in [5, 5.41) is 1.23. The highest BCUT2D eigenvalue weighted by molar-refractivity contribution is 6.31. The largest absolute Gasteiger partial charge is 0.450 e. The van der Waals surface area contributed by atoms with Gasteiger partial charge >= 0.3 is 0 Å². The number of amides is 1. The standard InChI is InChI=1S/C23H14Cl2N2O3/c1-12-5-8-18(26-11-12)27-20(13-3-2-4-14(24)9-13)19-21(28)16-10-15(25)6-7-17(16)30-22(19)23(27)29/h2-11,20H,1H3/t20-/m1/s1. The Morgan fingerprint density at radius 3 is 2.53 bits per heavy atom. The van der Waals surface area contributed by atoms with E-state index in [-0.39, 0.29) is 16.8 Å². The monoisotopic (exact) mass is 436 g/mol. The van der Waals surface area contributed by atoms with E-state index in [1.807, 2.05) is 19.1 Å². The van der Waals surface area contributed by atoms with Crippen molar-refractivity contribution in [2.45, 2.75) is 13.0 Å². The van der Waals surface area contributed by atoms with E-state index >= 15 is 0 Å². The number of aryl methyl sites for hydroxylation is 1. The summed E-state index contributed by atoms with van der Waals surface area (Å²) in [5.74, 6) is -0.00841. The van der Waals surface area contributed by atoms with Gasteiger partial charge in [-0.3, -0.25) is 14.5 Å². The molecule has 0 N–H and O–H groups in total. The fraction of sp³-hybridized carbons (Fsp3) is 0.0870. The zero-order chi connectivity index (χ0) is 21.0. The lowest BCUT2D eigenvalue weighted by Gasteiger charge is -2.24. The van der Waals surface area contributed by atoms with E-state index in [0.717, 1.165) is 5.56 Å².